The topological polar surface area (TPSA) is 51.2 Å². The Kier molecular flexibility index (Phi) is 2.87. The number of furan rings is 1. The van der Waals surface area contributed by atoms with E-state index in [1.807, 2.05) is 24.5 Å². The van der Waals surface area contributed by atoms with Crippen LogP contribution >= 0.6 is 0 Å². The van der Waals surface area contributed by atoms with Crippen molar-refractivity contribution in [1.29, 1.82) is 0 Å². The molecule has 0 aliphatic carbocycles. The molecule has 2 heterocycles. The predicted molar refractivity (Wildman–Crippen MR) is 68.7 cm³/mol. The first-order valence-electron chi connectivity index (χ1n) is 6.27. The molecular formula is C14H18N2O. The number of para-hydroxylation sites is 1. The van der Waals surface area contributed by atoms with Gasteiger partial charge in [-0.05, 0) is 37.9 Å². The first-order chi connectivity index (χ1) is 8.34. The van der Waals surface area contributed by atoms with Gasteiger partial charge in [0.15, 0.2) is 0 Å². The third-order valence-electron chi connectivity index (χ3n) is 3.66. The molecule has 3 rings (SSSR count). The van der Waals surface area contributed by atoms with Crippen LogP contribution in [0.25, 0.3) is 11.0 Å². The monoisotopic (exact) mass is 230 g/mol. The molecule has 1 aliphatic heterocycles. The van der Waals surface area contributed by atoms with Crippen LogP contribution in [0.15, 0.2) is 34.9 Å². The lowest BCUT2D eigenvalue weighted by Crippen LogP contribution is -2.17. The van der Waals surface area contributed by atoms with Crippen LogP contribution in [0.3, 0.4) is 0 Å². The van der Waals surface area contributed by atoms with Crippen LogP contribution in [0, 0.1) is 5.92 Å². The molecule has 17 heavy (non-hydrogen) atoms. The fourth-order valence-corrected chi connectivity index (χ4v) is 2.69. The van der Waals surface area contributed by atoms with Gasteiger partial charge in [0.1, 0.15) is 5.58 Å². The fraction of sp³-hybridized carbons (Fsp3) is 0.429. The van der Waals surface area contributed by atoms with Gasteiger partial charge in [-0.2, -0.15) is 0 Å². The predicted octanol–water partition coefficient (Wildman–Crippen LogP) is 2.43. The molecule has 0 radical (unpaired) electrons. The van der Waals surface area contributed by atoms with Gasteiger partial charge in [-0.1, -0.05) is 18.2 Å². The normalized spacial score (nSPS) is 22.1. The van der Waals surface area contributed by atoms with E-state index in [4.69, 9.17) is 10.2 Å². The average Bonchev–Trinajstić information content (AvgIpc) is 2.96. The smallest absolute Gasteiger partial charge is 0.134 e. The number of fused-ring (bicyclic) bond motifs is 1. The Hall–Kier alpha value is -1.32. The van der Waals surface area contributed by atoms with E-state index in [0.717, 1.165) is 36.0 Å². The summed E-state index contributed by atoms with van der Waals surface area (Å²) in [5.41, 5.74) is 8.38. The molecule has 1 aliphatic rings. The summed E-state index contributed by atoms with van der Waals surface area (Å²) in [5, 5.41) is 4.54. The van der Waals surface area contributed by atoms with Gasteiger partial charge in [0.25, 0.3) is 0 Å². The molecule has 2 unspecified atom stereocenters. The molecule has 3 heteroatoms. The van der Waals surface area contributed by atoms with E-state index in [9.17, 15) is 0 Å². The van der Waals surface area contributed by atoms with Crippen molar-refractivity contribution in [1.82, 2.24) is 5.32 Å². The van der Waals surface area contributed by atoms with Crippen LogP contribution in [0.4, 0.5) is 0 Å². The zero-order valence-corrected chi connectivity index (χ0v) is 9.86. The number of hydrogen-bond donors (Lipinski definition) is 2. The maximum Gasteiger partial charge on any atom is 0.134 e. The molecule has 0 saturated carbocycles. The maximum absolute atomic E-state index is 6.30. The van der Waals surface area contributed by atoms with Crippen molar-refractivity contribution in [2.45, 2.75) is 18.9 Å². The lowest BCUT2D eigenvalue weighted by molar-refractivity contribution is 0.470. The van der Waals surface area contributed by atoms with E-state index in [0.29, 0.717) is 5.92 Å². The third-order valence-corrected chi connectivity index (χ3v) is 3.66. The summed E-state index contributed by atoms with van der Waals surface area (Å²) in [6.07, 6.45) is 4.09. The highest BCUT2D eigenvalue weighted by molar-refractivity contribution is 5.81. The van der Waals surface area contributed by atoms with Gasteiger partial charge >= 0.3 is 0 Å². The average molecular weight is 230 g/mol. The Bertz CT molecular complexity index is 500. The fourth-order valence-electron chi connectivity index (χ4n) is 2.69. The molecule has 0 spiro atoms. The highest BCUT2D eigenvalue weighted by atomic mass is 16.3. The van der Waals surface area contributed by atoms with Crippen molar-refractivity contribution < 1.29 is 4.42 Å². The largest absolute Gasteiger partial charge is 0.464 e. The molecule has 2 aromatic rings. The molecular weight excluding hydrogens is 212 g/mol. The van der Waals surface area contributed by atoms with Crippen LogP contribution in [-0.4, -0.2) is 13.1 Å². The third kappa shape index (κ3) is 2.08. The zero-order valence-electron chi connectivity index (χ0n) is 9.86. The minimum absolute atomic E-state index is 0.0866. The second-order valence-corrected chi connectivity index (χ2v) is 4.89. The van der Waals surface area contributed by atoms with Crippen molar-refractivity contribution >= 4 is 11.0 Å². The molecule has 90 valence electrons. The van der Waals surface area contributed by atoms with Gasteiger partial charge in [-0.3, -0.25) is 0 Å². The summed E-state index contributed by atoms with van der Waals surface area (Å²) < 4.78 is 5.54. The van der Waals surface area contributed by atoms with E-state index in [-0.39, 0.29) is 6.04 Å². The van der Waals surface area contributed by atoms with Crippen LogP contribution in [0.2, 0.25) is 0 Å². The van der Waals surface area contributed by atoms with E-state index in [1.54, 1.807) is 0 Å². The Labute approximate surface area is 101 Å². The van der Waals surface area contributed by atoms with Gasteiger partial charge in [0, 0.05) is 17.0 Å². The minimum Gasteiger partial charge on any atom is -0.464 e. The van der Waals surface area contributed by atoms with Crippen molar-refractivity contribution in [3.8, 4) is 0 Å². The summed E-state index contributed by atoms with van der Waals surface area (Å²) >= 11 is 0. The Balaban J connectivity index is 1.82. The highest BCUT2D eigenvalue weighted by Gasteiger charge is 2.20. The Morgan fingerprint density at radius 3 is 3.12 bits per heavy atom. The molecule has 3 N–H and O–H groups in total. The van der Waals surface area contributed by atoms with Crippen LogP contribution in [-0.2, 0) is 0 Å². The zero-order chi connectivity index (χ0) is 11.7. The lowest BCUT2D eigenvalue weighted by atomic mass is 9.94. The van der Waals surface area contributed by atoms with Gasteiger partial charge in [-0.25, -0.2) is 0 Å². The molecule has 0 amide bonds. The SMILES string of the molecule is NC(CC1CCNC1)c1coc2ccccc12. The van der Waals surface area contributed by atoms with Crippen molar-refractivity contribution in [3.63, 3.8) is 0 Å². The summed E-state index contributed by atoms with van der Waals surface area (Å²) in [6.45, 7) is 2.23. The van der Waals surface area contributed by atoms with E-state index < -0.39 is 0 Å². The van der Waals surface area contributed by atoms with E-state index in [1.165, 1.54) is 6.42 Å². The first-order valence-corrected chi connectivity index (χ1v) is 6.27. The lowest BCUT2D eigenvalue weighted by Gasteiger charge is -2.14. The number of nitrogens with one attached hydrogen (secondary N) is 1. The highest BCUT2D eigenvalue weighted by Crippen LogP contribution is 2.29. The number of rotatable bonds is 3. The summed E-state index contributed by atoms with van der Waals surface area (Å²) in [4.78, 5) is 0. The number of benzene rings is 1. The summed E-state index contributed by atoms with van der Waals surface area (Å²) in [6, 6.07) is 8.18. The molecule has 3 nitrogen and oxygen atoms in total. The van der Waals surface area contributed by atoms with Gasteiger partial charge in [0.05, 0.1) is 6.26 Å². The molecule has 0 bridgehead atoms. The molecule has 2 atom stereocenters. The maximum atomic E-state index is 6.30. The summed E-state index contributed by atoms with van der Waals surface area (Å²) in [5.74, 6) is 0.707. The quantitative estimate of drug-likeness (QED) is 0.851. The second kappa shape index (κ2) is 4.51. The van der Waals surface area contributed by atoms with Crippen LogP contribution in [0.5, 0.6) is 0 Å². The standard InChI is InChI=1S/C14H18N2O/c15-13(7-10-5-6-16-8-10)12-9-17-14-4-2-1-3-11(12)14/h1-4,9-10,13,16H,5-8,15H2. The first kappa shape index (κ1) is 10.8. The van der Waals surface area contributed by atoms with Crippen molar-refractivity contribution in [3.05, 3.63) is 36.1 Å². The molecule has 1 fully saturated rings. The van der Waals surface area contributed by atoms with Crippen molar-refractivity contribution in [2.24, 2.45) is 11.7 Å². The molecule has 1 aromatic heterocycles. The van der Waals surface area contributed by atoms with Crippen LogP contribution < -0.4 is 11.1 Å². The van der Waals surface area contributed by atoms with Gasteiger partial charge in [-0.15, -0.1) is 0 Å². The van der Waals surface area contributed by atoms with E-state index >= 15 is 0 Å². The second-order valence-electron chi connectivity index (χ2n) is 4.89. The van der Waals surface area contributed by atoms with Crippen molar-refractivity contribution in [2.75, 3.05) is 13.1 Å². The Morgan fingerprint density at radius 2 is 2.29 bits per heavy atom. The number of nitrogens with two attached hydrogens (primary N) is 1. The molecule has 1 saturated heterocycles. The van der Waals surface area contributed by atoms with Crippen LogP contribution in [0.1, 0.15) is 24.4 Å². The summed E-state index contributed by atoms with van der Waals surface area (Å²) in [7, 11) is 0. The van der Waals surface area contributed by atoms with E-state index in [2.05, 4.69) is 11.4 Å². The van der Waals surface area contributed by atoms with Gasteiger partial charge in [0.2, 0.25) is 0 Å². The number of hydrogen-bond acceptors (Lipinski definition) is 3. The Morgan fingerprint density at radius 1 is 1.41 bits per heavy atom. The van der Waals surface area contributed by atoms with Gasteiger partial charge < -0.3 is 15.5 Å². The molecule has 1 aromatic carbocycles. The minimum atomic E-state index is 0.0866.